The molecule has 0 aliphatic rings. The SMILES string of the molecule is Cc1c2ccccc2nc(-c2ccccc2)[n+]1[O-]. The van der Waals surface area contributed by atoms with Gasteiger partial charge in [-0.3, -0.25) is 0 Å². The van der Waals surface area contributed by atoms with Crippen LogP contribution in [-0.4, -0.2) is 4.98 Å². The van der Waals surface area contributed by atoms with Gasteiger partial charge in [-0.25, -0.2) is 4.73 Å². The van der Waals surface area contributed by atoms with Gasteiger partial charge < -0.3 is 5.21 Å². The molecule has 3 heteroatoms. The minimum atomic E-state index is 0.451. The Kier molecular flexibility index (Phi) is 2.45. The van der Waals surface area contributed by atoms with Gasteiger partial charge in [-0.15, -0.1) is 0 Å². The Bertz CT molecular complexity index is 708. The lowest BCUT2D eigenvalue weighted by Gasteiger charge is -2.11. The van der Waals surface area contributed by atoms with Crippen molar-refractivity contribution in [3.8, 4) is 11.4 Å². The fourth-order valence-electron chi connectivity index (χ4n) is 2.07. The molecule has 18 heavy (non-hydrogen) atoms. The molecule has 3 aromatic rings. The number of hydrogen-bond acceptors (Lipinski definition) is 2. The molecule has 0 aliphatic carbocycles. The molecule has 0 fully saturated rings. The first-order chi connectivity index (χ1) is 8.77. The Morgan fingerprint density at radius 1 is 0.944 bits per heavy atom. The molecule has 3 rings (SSSR count). The van der Waals surface area contributed by atoms with Crippen molar-refractivity contribution in [3.63, 3.8) is 0 Å². The molecule has 1 aromatic heterocycles. The van der Waals surface area contributed by atoms with Crippen LogP contribution in [0.15, 0.2) is 54.6 Å². The Labute approximate surface area is 105 Å². The van der Waals surface area contributed by atoms with Gasteiger partial charge in [0.15, 0.2) is 5.52 Å². The highest BCUT2D eigenvalue weighted by molar-refractivity contribution is 5.81. The van der Waals surface area contributed by atoms with Gasteiger partial charge >= 0.3 is 5.82 Å². The second kappa shape index (κ2) is 4.11. The minimum Gasteiger partial charge on any atom is -0.710 e. The van der Waals surface area contributed by atoms with E-state index in [1.807, 2.05) is 61.5 Å². The van der Waals surface area contributed by atoms with Crippen LogP contribution in [0.5, 0.6) is 0 Å². The van der Waals surface area contributed by atoms with E-state index in [1.54, 1.807) is 0 Å². The fraction of sp³-hybridized carbons (Fsp3) is 0.0667. The van der Waals surface area contributed by atoms with Gasteiger partial charge in [0.1, 0.15) is 5.69 Å². The van der Waals surface area contributed by atoms with Gasteiger partial charge in [0.25, 0.3) is 0 Å². The van der Waals surface area contributed by atoms with Crippen LogP contribution >= 0.6 is 0 Å². The summed E-state index contributed by atoms with van der Waals surface area (Å²) in [4.78, 5) is 4.46. The van der Waals surface area contributed by atoms with E-state index in [2.05, 4.69) is 4.98 Å². The molecule has 0 saturated carbocycles. The molecule has 0 amide bonds. The first-order valence-corrected chi connectivity index (χ1v) is 5.82. The zero-order valence-corrected chi connectivity index (χ0v) is 10.00. The lowest BCUT2D eigenvalue weighted by atomic mass is 10.1. The standard InChI is InChI=1S/C15H12N2O/c1-11-13-9-5-6-10-14(13)16-15(17(11)18)12-7-3-2-4-8-12/h2-10H,1H3. The molecular weight excluding hydrogens is 224 g/mol. The van der Waals surface area contributed by atoms with Crippen molar-refractivity contribution in [2.75, 3.05) is 0 Å². The third-order valence-corrected chi connectivity index (χ3v) is 3.05. The predicted molar refractivity (Wildman–Crippen MR) is 70.9 cm³/mol. The topological polar surface area (TPSA) is 39.8 Å². The summed E-state index contributed by atoms with van der Waals surface area (Å²) in [5.41, 5.74) is 2.36. The van der Waals surface area contributed by atoms with Crippen molar-refractivity contribution in [2.45, 2.75) is 6.92 Å². The van der Waals surface area contributed by atoms with Gasteiger partial charge in [0.2, 0.25) is 0 Å². The Hall–Kier alpha value is -2.42. The van der Waals surface area contributed by atoms with E-state index in [4.69, 9.17) is 0 Å². The van der Waals surface area contributed by atoms with E-state index in [0.717, 1.165) is 21.2 Å². The quantitative estimate of drug-likeness (QED) is 0.481. The summed E-state index contributed by atoms with van der Waals surface area (Å²) in [6, 6.07) is 17.2. The van der Waals surface area contributed by atoms with Crippen molar-refractivity contribution in [1.82, 2.24) is 4.98 Å². The number of benzene rings is 2. The van der Waals surface area contributed by atoms with E-state index in [0.29, 0.717) is 11.5 Å². The smallest absolute Gasteiger partial charge is 0.334 e. The maximum absolute atomic E-state index is 12.2. The van der Waals surface area contributed by atoms with Gasteiger partial charge in [-0.2, -0.15) is 0 Å². The van der Waals surface area contributed by atoms with Gasteiger partial charge in [0.05, 0.1) is 10.9 Å². The van der Waals surface area contributed by atoms with Crippen LogP contribution in [0.25, 0.3) is 22.3 Å². The summed E-state index contributed by atoms with van der Waals surface area (Å²) in [6.45, 7) is 1.82. The highest BCUT2D eigenvalue weighted by atomic mass is 16.5. The van der Waals surface area contributed by atoms with E-state index in [1.165, 1.54) is 0 Å². The zero-order chi connectivity index (χ0) is 12.5. The average molecular weight is 236 g/mol. The monoisotopic (exact) mass is 236 g/mol. The number of aromatic nitrogens is 2. The molecule has 0 N–H and O–H groups in total. The molecule has 0 atom stereocenters. The van der Waals surface area contributed by atoms with Crippen LogP contribution in [0.1, 0.15) is 5.69 Å². The predicted octanol–water partition coefficient (Wildman–Crippen LogP) is 2.84. The first-order valence-electron chi connectivity index (χ1n) is 5.82. The lowest BCUT2D eigenvalue weighted by Crippen LogP contribution is -2.34. The highest BCUT2D eigenvalue weighted by Crippen LogP contribution is 2.19. The molecule has 0 bridgehead atoms. The van der Waals surface area contributed by atoms with Crippen LogP contribution < -0.4 is 4.73 Å². The molecule has 88 valence electrons. The summed E-state index contributed by atoms with van der Waals surface area (Å²) in [6.07, 6.45) is 0. The summed E-state index contributed by atoms with van der Waals surface area (Å²) in [5.74, 6) is 0.451. The second-order valence-corrected chi connectivity index (χ2v) is 4.20. The average Bonchev–Trinajstić information content (AvgIpc) is 2.44. The molecule has 0 spiro atoms. The molecule has 2 aromatic carbocycles. The first kappa shape index (κ1) is 10.7. The Morgan fingerprint density at radius 2 is 1.61 bits per heavy atom. The second-order valence-electron chi connectivity index (χ2n) is 4.20. The number of nitrogens with zero attached hydrogens (tertiary/aromatic N) is 2. The minimum absolute atomic E-state index is 0.451. The molecule has 0 aliphatic heterocycles. The van der Waals surface area contributed by atoms with Crippen LogP contribution in [0.2, 0.25) is 0 Å². The molecule has 3 nitrogen and oxygen atoms in total. The number of hydrogen-bond donors (Lipinski definition) is 0. The maximum atomic E-state index is 12.2. The largest absolute Gasteiger partial charge is 0.710 e. The van der Waals surface area contributed by atoms with Crippen molar-refractivity contribution in [3.05, 3.63) is 65.5 Å². The van der Waals surface area contributed by atoms with Crippen molar-refractivity contribution >= 4 is 10.9 Å². The van der Waals surface area contributed by atoms with E-state index in [9.17, 15) is 5.21 Å². The molecule has 0 saturated heterocycles. The number of rotatable bonds is 1. The van der Waals surface area contributed by atoms with E-state index < -0.39 is 0 Å². The van der Waals surface area contributed by atoms with E-state index in [-0.39, 0.29) is 0 Å². The third-order valence-electron chi connectivity index (χ3n) is 3.05. The van der Waals surface area contributed by atoms with Crippen LogP contribution in [0.4, 0.5) is 0 Å². The van der Waals surface area contributed by atoms with Crippen LogP contribution in [-0.2, 0) is 0 Å². The van der Waals surface area contributed by atoms with Crippen molar-refractivity contribution in [1.29, 1.82) is 0 Å². The molecule has 0 radical (unpaired) electrons. The molecular formula is C15H12N2O. The Balaban J connectivity index is 2.34. The van der Waals surface area contributed by atoms with Crippen LogP contribution in [0.3, 0.4) is 0 Å². The zero-order valence-electron chi connectivity index (χ0n) is 10.00. The summed E-state index contributed by atoms with van der Waals surface area (Å²) < 4.78 is 0.900. The van der Waals surface area contributed by atoms with Gasteiger partial charge in [0, 0.05) is 0 Å². The Morgan fingerprint density at radius 3 is 2.39 bits per heavy atom. The van der Waals surface area contributed by atoms with Crippen LogP contribution in [0, 0.1) is 12.1 Å². The maximum Gasteiger partial charge on any atom is 0.334 e. The lowest BCUT2D eigenvalue weighted by molar-refractivity contribution is -0.601. The third kappa shape index (κ3) is 1.61. The van der Waals surface area contributed by atoms with Crippen molar-refractivity contribution in [2.24, 2.45) is 0 Å². The normalized spacial score (nSPS) is 10.7. The fourth-order valence-corrected chi connectivity index (χ4v) is 2.07. The summed E-state index contributed by atoms with van der Waals surface area (Å²) >= 11 is 0. The molecule has 1 heterocycles. The van der Waals surface area contributed by atoms with Gasteiger partial charge in [-0.1, -0.05) is 30.3 Å². The number of fused-ring (bicyclic) bond motifs is 1. The highest BCUT2D eigenvalue weighted by Gasteiger charge is 2.16. The summed E-state index contributed by atoms with van der Waals surface area (Å²) in [5, 5.41) is 13.1. The van der Waals surface area contributed by atoms with Crippen molar-refractivity contribution < 1.29 is 4.73 Å². The number of aryl methyl sites for hydroxylation is 1. The number of para-hydroxylation sites is 1. The molecule has 0 unspecified atom stereocenters. The summed E-state index contributed by atoms with van der Waals surface area (Å²) in [7, 11) is 0. The van der Waals surface area contributed by atoms with E-state index >= 15 is 0 Å². The van der Waals surface area contributed by atoms with Gasteiger partial charge in [-0.05, 0) is 36.2 Å².